The van der Waals surface area contributed by atoms with Gasteiger partial charge in [-0.3, -0.25) is 0 Å². The highest BCUT2D eigenvalue weighted by Crippen LogP contribution is 2.39. The number of aryl methyl sites for hydroxylation is 1. The van der Waals surface area contributed by atoms with Crippen molar-refractivity contribution in [3.63, 3.8) is 0 Å². The number of hydrogen-bond acceptors (Lipinski definition) is 6. The van der Waals surface area contributed by atoms with E-state index in [1.807, 2.05) is 13.8 Å². The van der Waals surface area contributed by atoms with Crippen molar-refractivity contribution >= 4 is 5.82 Å². The summed E-state index contributed by atoms with van der Waals surface area (Å²) in [4.78, 5) is 8.81. The third-order valence-corrected chi connectivity index (χ3v) is 3.37. The van der Waals surface area contributed by atoms with Gasteiger partial charge in [-0.05, 0) is 19.9 Å². The molecule has 0 unspecified atom stereocenters. The Morgan fingerprint density at radius 2 is 1.43 bits per heavy atom. The second-order valence-electron chi connectivity index (χ2n) is 4.55. The van der Waals surface area contributed by atoms with Gasteiger partial charge in [0.2, 0.25) is 0 Å². The Morgan fingerprint density at radius 3 is 1.95 bits per heavy atom. The minimum atomic E-state index is 0.453. The maximum Gasteiger partial charge on any atom is 0.165 e. The molecule has 0 aliphatic carbocycles. The Morgan fingerprint density at radius 1 is 0.857 bits per heavy atom. The summed E-state index contributed by atoms with van der Waals surface area (Å²) >= 11 is 0. The molecule has 0 saturated carbocycles. The normalized spacial score (nSPS) is 10.3. The van der Waals surface area contributed by atoms with Gasteiger partial charge in [-0.2, -0.15) is 0 Å². The highest BCUT2D eigenvalue weighted by molar-refractivity contribution is 5.70. The van der Waals surface area contributed by atoms with Gasteiger partial charge in [0, 0.05) is 17.3 Å². The number of methoxy groups -OCH3 is 3. The zero-order valence-electron chi connectivity index (χ0n) is 12.9. The molecule has 2 N–H and O–H groups in total. The molecule has 1 aromatic carbocycles. The van der Waals surface area contributed by atoms with E-state index in [0.29, 0.717) is 34.5 Å². The average Bonchev–Trinajstić information content (AvgIpc) is 2.50. The van der Waals surface area contributed by atoms with Crippen LogP contribution < -0.4 is 19.9 Å². The standard InChI is InChI=1S/C15H19N3O3/c1-8-9(2)17-15(18-14(8)16)10-6-12(20-4)13(21-5)7-11(10)19-3/h6-7H,1-5H3,(H2,16,17,18). The fraction of sp³-hybridized carbons (Fsp3) is 0.333. The SMILES string of the molecule is COc1cc(OC)c(-c2nc(C)c(C)c(N)n2)cc1OC. The Bertz CT molecular complexity index is 648. The minimum absolute atomic E-state index is 0.453. The smallest absolute Gasteiger partial charge is 0.165 e. The number of nitrogens with zero attached hydrogens (tertiary/aromatic N) is 2. The first-order valence-corrected chi connectivity index (χ1v) is 6.42. The molecular weight excluding hydrogens is 270 g/mol. The van der Waals surface area contributed by atoms with Crippen LogP contribution in [0.2, 0.25) is 0 Å². The van der Waals surface area contributed by atoms with Gasteiger partial charge in [0.25, 0.3) is 0 Å². The van der Waals surface area contributed by atoms with E-state index >= 15 is 0 Å². The maximum absolute atomic E-state index is 5.93. The average molecular weight is 289 g/mol. The molecule has 0 aliphatic heterocycles. The van der Waals surface area contributed by atoms with Gasteiger partial charge in [0.1, 0.15) is 11.6 Å². The Labute approximate surface area is 123 Å². The van der Waals surface area contributed by atoms with E-state index in [4.69, 9.17) is 19.9 Å². The lowest BCUT2D eigenvalue weighted by Crippen LogP contribution is -2.03. The fourth-order valence-electron chi connectivity index (χ4n) is 1.98. The zero-order chi connectivity index (χ0) is 15.6. The van der Waals surface area contributed by atoms with Gasteiger partial charge < -0.3 is 19.9 Å². The topological polar surface area (TPSA) is 79.5 Å². The maximum atomic E-state index is 5.93. The second-order valence-corrected chi connectivity index (χ2v) is 4.55. The Kier molecular flexibility index (Phi) is 4.16. The molecule has 0 bridgehead atoms. The molecule has 0 amide bonds. The second kappa shape index (κ2) is 5.87. The van der Waals surface area contributed by atoms with Crippen molar-refractivity contribution in [3.05, 3.63) is 23.4 Å². The van der Waals surface area contributed by atoms with Crippen molar-refractivity contribution in [3.8, 4) is 28.6 Å². The molecular formula is C15H19N3O3. The first-order chi connectivity index (χ1) is 10.0. The van der Waals surface area contributed by atoms with E-state index in [-0.39, 0.29) is 0 Å². The fourth-order valence-corrected chi connectivity index (χ4v) is 1.98. The first-order valence-electron chi connectivity index (χ1n) is 6.42. The monoisotopic (exact) mass is 289 g/mol. The molecule has 2 rings (SSSR count). The summed E-state index contributed by atoms with van der Waals surface area (Å²) in [5.74, 6) is 2.70. The van der Waals surface area contributed by atoms with E-state index in [9.17, 15) is 0 Å². The molecule has 112 valence electrons. The van der Waals surface area contributed by atoms with E-state index in [2.05, 4.69) is 9.97 Å². The molecule has 21 heavy (non-hydrogen) atoms. The van der Waals surface area contributed by atoms with Gasteiger partial charge in [-0.15, -0.1) is 0 Å². The quantitative estimate of drug-likeness (QED) is 0.930. The summed E-state index contributed by atoms with van der Waals surface area (Å²) < 4.78 is 16.0. The predicted molar refractivity (Wildman–Crippen MR) is 81.0 cm³/mol. The predicted octanol–water partition coefficient (Wildman–Crippen LogP) is 2.37. The molecule has 2 aromatic rings. The summed E-state index contributed by atoms with van der Waals surface area (Å²) in [6, 6.07) is 3.52. The molecule has 1 aromatic heterocycles. The third kappa shape index (κ3) is 2.69. The van der Waals surface area contributed by atoms with Crippen molar-refractivity contribution in [2.24, 2.45) is 0 Å². The van der Waals surface area contributed by atoms with Gasteiger partial charge in [-0.1, -0.05) is 0 Å². The number of benzene rings is 1. The minimum Gasteiger partial charge on any atom is -0.496 e. The van der Waals surface area contributed by atoms with Crippen LogP contribution in [0.1, 0.15) is 11.3 Å². The summed E-state index contributed by atoms with van der Waals surface area (Å²) in [6.07, 6.45) is 0. The third-order valence-electron chi connectivity index (χ3n) is 3.37. The van der Waals surface area contributed by atoms with Crippen molar-refractivity contribution in [1.29, 1.82) is 0 Å². The van der Waals surface area contributed by atoms with Crippen molar-refractivity contribution < 1.29 is 14.2 Å². The van der Waals surface area contributed by atoms with Crippen LogP contribution >= 0.6 is 0 Å². The van der Waals surface area contributed by atoms with Crippen LogP contribution in [0.15, 0.2) is 12.1 Å². The zero-order valence-corrected chi connectivity index (χ0v) is 12.9. The Hall–Kier alpha value is -2.50. The lowest BCUT2D eigenvalue weighted by molar-refractivity contribution is 0.349. The highest BCUT2D eigenvalue weighted by Gasteiger charge is 2.17. The molecule has 0 atom stereocenters. The van der Waals surface area contributed by atoms with Crippen LogP contribution in [-0.4, -0.2) is 31.3 Å². The molecule has 0 fully saturated rings. The van der Waals surface area contributed by atoms with Crippen LogP contribution in [0, 0.1) is 13.8 Å². The molecule has 0 aliphatic rings. The van der Waals surface area contributed by atoms with Gasteiger partial charge >= 0.3 is 0 Å². The molecule has 0 spiro atoms. The van der Waals surface area contributed by atoms with Gasteiger partial charge in [0.05, 0.1) is 26.9 Å². The number of ether oxygens (including phenoxy) is 3. The van der Waals surface area contributed by atoms with Gasteiger partial charge in [0.15, 0.2) is 17.3 Å². The number of anilines is 1. The Balaban J connectivity index is 2.67. The summed E-state index contributed by atoms with van der Waals surface area (Å²) in [5, 5.41) is 0. The lowest BCUT2D eigenvalue weighted by atomic mass is 10.1. The van der Waals surface area contributed by atoms with Crippen molar-refractivity contribution in [2.75, 3.05) is 27.1 Å². The van der Waals surface area contributed by atoms with Crippen LogP contribution in [0.3, 0.4) is 0 Å². The lowest BCUT2D eigenvalue weighted by Gasteiger charge is -2.14. The molecule has 6 nitrogen and oxygen atoms in total. The van der Waals surface area contributed by atoms with Crippen LogP contribution in [0.5, 0.6) is 17.2 Å². The number of aromatic nitrogens is 2. The number of rotatable bonds is 4. The molecule has 0 saturated heterocycles. The first kappa shape index (κ1) is 14.9. The van der Waals surface area contributed by atoms with Crippen molar-refractivity contribution in [1.82, 2.24) is 9.97 Å². The van der Waals surface area contributed by atoms with Crippen LogP contribution in [0.4, 0.5) is 5.82 Å². The highest BCUT2D eigenvalue weighted by atomic mass is 16.5. The molecule has 1 heterocycles. The molecule has 0 radical (unpaired) electrons. The summed E-state index contributed by atoms with van der Waals surface area (Å²) in [6.45, 7) is 3.78. The summed E-state index contributed by atoms with van der Waals surface area (Å²) in [7, 11) is 4.72. The largest absolute Gasteiger partial charge is 0.496 e. The van der Waals surface area contributed by atoms with E-state index in [1.165, 1.54) is 0 Å². The molecule has 6 heteroatoms. The number of nitrogens with two attached hydrogens (primary N) is 1. The number of nitrogen functional groups attached to an aromatic ring is 1. The van der Waals surface area contributed by atoms with E-state index in [1.54, 1.807) is 33.5 Å². The number of hydrogen-bond donors (Lipinski definition) is 1. The van der Waals surface area contributed by atoms with E-state index < -0.39 is 0 Å². The van der Waals surface area contributed by atoms with Crippen LogP contribution in [0.25, 0.3) is 11.4 Å². The summed E-state index contributed by atoms with van der Waals surface area (Å²) in [5.41, 5.74) is 8.33. The van der Waals surface area contributed by atoms with Gasteiger partial charge in [-0.25, -0.2) is 9.97 Å². The van der Waals surface area contributed by atoms with E-state index in [0.717, 1.165) is 11.3 Å². The van der Waals surface area contributed by atoms with Crippen LogP contribution in [-0.2, 0) is 0 Å². The van der Waals surface area contributed by atoms with Crippen molar-refractivity contribution in [2.45, 2.75) is 13.8 Å².